The van der Waals surface area contributed by atoms with E-state index in [0.29, 0.717) is 28.9 Å². The van der Waals surface area contributed by atoms with Crippen molar-refractivity contribution in [2.24, 2.45) is 0 Å². The number of rotatable bonds is 5. The number of H-pyrrole nitrogens is 1. The summed E-state index contributed by atoms with van der Waals surface area (Å²) in [7, 11) is 0. The van der Waals surface area contributed by atoms with Gasteiger partial charge in [0, 0.05) is 27.4 Å². The molecule has 1 unspecified atom stereocenters. The Balaban J connectivity index is 2.26. The molecule has 0 fully saturated rings. The number of nitrogens with one attached hydrogen (secondary N) is 1. The monoisotopic (exact) mass is 351 g/mol. The predicted octanol–water partition coefficient (Wildman–Crippen LogP) is 5.02. The van der Waals surface area contributed by atoms with E-state index in [0.717, 1.165) is 16.5 Å². The fourth-order valence-corrected chi connectivity index (χ4v) is 3.42. The fraction of sp³-hybridized carbons (Fsp3) is 0.467. The summed E-state index contributed by atoms with van der Waals surface area (Å²) in [6.07, 6.45) is -3.91. The van der Waals surface area contributed by atoms with Gasteiger partial charge in [0.1, 0.15) is 5.60 Å². The Bertz CT molecular complexity index is 632. The van der Waals surface area contributed by atoms with E-state index in [-0.39, 0.29) is 5.75 Å². The first-order valence-corrected chi connectivity index (χ1v) is 8.34. The molecule has 0 aliphatic carbocycles. The summed E-state index contributed by atoms with van der Waals surface area (Å²) in [5.41, 5.74) is 0.898. The lowest BCUT2D eigenvalue weighted by Crippen LogP contribution is -2.29. The summed E-state index contributed by atoms with van der Waals surface area (Å²) in [5, 5.41) is 12.1. The van der Waals surface area contributed by atoms with Gasteiger partial charge in [0.15, 0.2) is 0 Å². The number of aromatic amines is 1. The van der Waals surface area contributed by atoms with E-state index < -0.39 is 17.5 Å². The normalized spacial score (nSPS) is 15.2. The Morgan fingerprint density at radius 2 is 1.91 bits per heavy atom. The van der Waals surface area contributed by atoms with E-state index >= 15 is 0 Å². The molecule has 2 N–H and O–H groups in total. The van der Waals surface area contributed by atoms with Crippen LogP contribution in [0.2, 0.25) is 5.02 Å². The second kappa shape index (κ2) is 6.34. The van der Waals surface area contributed by atoms with Crippen molar-refractivity contribution < 1.29 is 18.3 Å². The molecule has 1 aromatic heterocycles. The van der Waals surface area contributed by atoms with E-state index in [1.54, 1.807) is 19.1 Å². The molecule has 122 valence electrons. The number of thioether (sulfide) groups is 1. The maximum atomic E-state index is 12.3. The third-order valence-corrected chi connectivity index (χ3v) is 5.21. The number of fused-ring (bicyclic) bond motifs is 1. The molecule has 2 aromatic rings. The van der Waals surface area contributed by atoms with Crippen LogP contribution in [0.5, 0.6) is 0 Å². The molecule has 0 aliphatic heterocycles. The summed E-state index contributed by atoms with van der Waals surface area (Å²) < 4.78 is 36.8. The van der Waals surface area contributed by atoms with Crippen LogP contribution in [0.3, 0.4) is 0 Å². The van der Waals surface area contributed by atoms with E-state index in [1.165, 1.54) is 0 Å². The third-order valence-electron chi connectivity index (χ3n) is 3.59. The summed E-state index contributed by atoms with van der Waals surface area (Å²) in [4.78, 5) is 3.10. The largest absolute Gasteiger partial charge is 0.397 e. The van der Waals surface area contributed by atoms with Gasteiger partial charge < -0.3 is 10.1 Å². The van der Waals surface area contributed by atoms with Gasteiger partial charge in [-0.05, 0) is 37.1 Å². The Morgan fingerprint density at radius 1 is 1.23 bits per heavy atom. The minimum atomic E-state index is -4.23. The Morgan fingerprint density at radius 3 is 2.50 bits per heavy atom. The van der Waals surface area contributed by atoms with Crippen molar-refractivity contribution in [3.05, 3.63) is 34.5 Å². The predicted molar refractivity (Wildman–Crippen MR) is 85.6 cm³/mol. The maximum absolute atomic E-state index is 12.3. The smallest absolute Gasteiger partial charge is 0.383 e. The Hall–Kier alpha value is -0.850. The van der Waals surface area contributed by atoms with Gasteiger partial charge in [0.2, 0.25) is 0 Å². The molecular weight excluding hydrogens is 335 g/mol. The van der Waals surface area contributed by atoms with Crippen LogP contribution in [0, 0.1) is 6.92 Å². The first-order chi connectivity index (χ1) is 10.1. The quantitative estimate of drug-likeness (QED) is 0.793. The minimum absolute atomic E-state index is 0.0253. The van der Waals surface area contributed by atoms with Crippen molar-refractivity contribution in [1.29, 1.82) is 0 Å². The van der Waals surface area contributed by atoms with Crippen molar-refractivity contribution in [3.63, 3.8) is 0 Å². The van der Waals surface area contributed by atoms with Crippen LogP contribution in [0.15, 0.2) is 18.2 Å². The summed E-state index contributed by atoms with van der Waals surface area (Å²) in [6, 6.07) is 5.39. The molecule has 0 amide bonds. The van der Waals surface area contributed by atoms with Gasteiger partial charge in [-0.2, -0.15) is 13.2 Å². The zero-order valence-electron chi connectivity index (χ0n) is 12.2. The second-order valence-electron chi connectivity index (χ2n) is 5.36. The molecule has 1 heterocycles. The van der Waals surface area contributed by atoms with Crippen LogP contribution in [-0.4, -0.2) is 27.8 Å². The van der Waals surface area contributed by atoms with E-state index in [9.17, 15) is 18.3 Å². The number of aliphatic hydroxyl groups is 1. The molecule has 0 radical (unpaired) electrons. The molecule has 7 heteroatoms. The average molecular weight is 352 g/mol. The number of hydrogen-bond acceptors (Lipinski definition) is 2. The minimum Gasteiger partial charge on any atom is -0.383 e. The third kappa shape index (κ3) is 3.91. The van der Waals surface area contributed by atoms with Crippen molar-refractivity contribution in [2.75, 3.05) is 11.5 Å². The number of aromatic nitrogens is 1. The van der Waals surface area contributed by atoms with Gasteiger partial charge in [0.05, 0.1) is 5.75 Å². The molecule has 0 bridgehead atoms. The molecule has 0 saturated carbocycles. The first kappa shape index (κ1) is 17.5. The van der Waals surface area contributed by atoms with Crippen LogP contribution >= 0.6 is 23.4 Å². The maximum Gasteiger partial charge on any atom is 0.397 e. The molecule has 2 rings (SSSR count). The molecule has 1 atom stereocenters. The number of aryl methyl sites for hydroxylation is 1. The lowest BCUT2D eigenvalue weighted by Gasteiger charge is -2.25. The molecular formula is C15H17ClF3NOS. The van der Waals surface area contributed by atoms with Gasteiger partial charge >= 0.3 is 6.18 Å². The van der Waals surface area contributed by atoms with E-state index in [2.05, 4.69) is 4.98 Å². The second-order valence-corrected chi connectivity index (χ2v) is 6.76. The standard InChI is InChI=1S/C15H17ClF3NOS/c1-3-14(21,7-22-8-15(17,18)19)13-6-10-5-11(16)9(2)4-12(10)20-13/h4-6,20-21H,3,7-8H2,1-2H3. The average Bonchev–Trinajstić information content (AvgIpc) is 2.81. The van der Waals surface area contributed by atoms with Gasteiger partial charge in [-0.3, -0.25) is 0 Å². The van der Waals surface area contributed by atoms with Gasteiger partial charge in [-0.25, -0.2) is 0 Å². The lowest BCUT2D eigenvalue weighted by atomic mass is 9.99. The van der Waals surface area contributed by atoms with Crippen LogP contribution in [0.1, 0.15) is 24.6 Å². The lowest BCUT2D eigenvalue weighted by molar-refractivity contribution is -0.105. The summed E-state index contributed by atoms with van der Waals surface area (Å²) >= 11 is 6.76. The van der Waals surface area contributed by atoms with Crippen molar-refractivity contribution in [3.8, 4) is 0 Å². The fourth-order valence-electron chi connectivity index (χ4n) is 2.22. The van der Waals surface area contributed by atoms with Gasteiger partial charge in [0.25, 0.3) is 0 Å². The number of alkyl halides is 3. The topological polar surface area (TPSA) is 36.0 Å². The van der Waals surface area contributed by atoms with Crippen LogP contribution in [0.25, 0.3) is 10.9 Å². The molecule has 0 aliphatic rings. The van der Waals surface area contributed by atoms with E-state index in [1.807, 2.05) is 13.0 Å². The molecule has 22 heavy (non-hydrogen) atoms. The summed E-state index contributed by atoms with van der Waals surface area (Å²) in [5.74, 6) is -0.997. The van der Waals surface area contributed by atoms with E-state index in [4.69, 9.17) is 11.6 Å². The number of halogens is 4. The zero-order valence-corrected chi connectivity index (χ0v) is 13.8. The van der Waals surface area contributed by atoms with Gasteiger partial charge in [-0.1, -0.05) is 18.5 Å². The first-order valence-electron chi connectivity index (χ1n) is 6.81. The highest BCUT2D eigenvalue weighted by Crippen LogP contribution is 2.34. The highest BCUT2D eigenvalue weighted by atomic mass is 35.5. The summed E-state index contributed by atoms with van der Waals surface area (Å²) in [6.45, 7) is 3.62. The highest BCUT2D eigenvalue weighted by molar-refractivity contribution is 7.99. The highest BCUT2D eigenvalue weighted by Gasteiger charge is 2.33. The van der Waals surface area contributed by atoms with Crippen LogP contribution in [0.4, 0.5) is 13.2 Å². The van der Waals surface area contributed by atoms with Crippen molar-refractivity contribution >= 4 is 34.3 Å². The zero-order chi connectivity index (χ0) is 16.5. The van der Waals surface area contributed by atoms with Crippen LogP contribution < -0.4 is 0 Å². The van der Waals surface area contributed by atoms with Crippen LogP contribution in [-0.2, 0) is 5.60 Å². The Kier molecular flexibility index (Phi) is 5.04. The molecule has 0 spiro atoms. The molecule has 0 saturated heterocycles. The number of benzene rings is 1. The van der Waals surface area contributed by atoms with Crippen molar-refractivity contribution in [2.45, 2.75) is 32.0 Å². The Labute approximate surface area is 136 Å². The molecule has 2 nitrogen and oxygen atoms in total. The number of hydrogen-bond donors (Lipinski definition) is 2. The van der Waals surface area contributed by atoms with Gasteiger partial charge in [-0.15, -0.1) is 11.8 Å². The van der Waals surface area contributed by atoms with Crippen molar-refractivity contribution in [1.82, 2.24) is 4.98 Å². The SMILES string of the molecule is CCC(O)(CSCC(F)(F)F)c1cc2cc(Cl)c(C)cc2[nH]1. The molecule has 1 aromatic carbocycles.